The van der Waals surface area contributed by atoms with Crippen molar-refractivity contribution in [2.45, 2.75) is 68.9 Å². The van der Waals surface area contributed by atoms with Gasteiger partial charge in [-0.3, -0.25) is 4.79 Å². The zero-order valence-corrected chi connectivity index (χ0v) is 14.4. The van der Waals surface area contributed by atoms with Crippen LogP contribution in [0.3, 0.4) is 0 Å². The van der Waals surface area contributed by atoms with E-state index in [1.54, 1.807) is 6.07 Å². The van der Waals surface area contributed by atoms with E-state index in [1.807, 2.05) is 0 Å². The molecule has 1 N–H and O–H groups in total. The molecule has 3 nitrogen and oxygen atoms in total. The molecule has 1 spiro atoms. The molecule has 5 heteroatoms. The number of hydrogen-bond acceptors (Lipinski definition) is 2. The van der Waals surface area contributed by atoms with Gasteiger partial charge in [-0.25, -0.2) is 8.78 Å². The van der Waals surface area contributed by atoms with Gasteiger partial charge in [0.2, 0.25) is 5.91 Å². The largest absolute Gasteiger partial charge is 0.375 e. The monoisotopic (exact) mass is 349 g/mol. The first-order valence-electron chi connectivity index (χ1n) is 9.46. The lowest BCUT2D eigenvalue weighted by Crippen LogP contribution is -2.49. The second-order valence-corrected chi connectivity index (χ2v) is 7.88. The third-order valence-corrected chi connectivity index (χ3v) is 6.11. The predicted octanol–water partition coefficient (Wildman–Crippen LogP) is 4.07. The fourth-order valence-electron chi connectivity index (χ4n) is 4.64. The van der Waals surface area contributed by atoms with Gasteiger partial charge in [0.25, 0.3) is 0 Å². The summed E-state index contributed by atoms with van der Waals surface area (Å²) in [7, 11) is 0. The van der Waals surface area contributed by atoms with Crippen molar-refractivity contribution in [1.82, 2.24) is 5.32 Å². The van der Waals surface area contributed by atoms with Gasteiger partial charge in [-0.15, -0.1) is 0 Å². The molecular weight excluding hydrogens is 324 g/mol. The highest BCUT2D eigenvalue weighted by atomic mass is 19.2. The van der Waals surface area contributed by atoms with Gasteiger partial charge in [0, 0.05) is 18.6 Å². The van der Waals surface area contributed by atoms with E-state index in [-0.39, 0.29) is 29.4 Å². The number of benzene rings is 1. The average Bonchev–Trinajstić information content (AvgIpc) is 3.39. The Kier molecular flexibility index (Phi) is 4.52. The molecule has 4 rings (SSSR count). The summed E-state index contributed by atoms with van der Waals surface area (Å²) >= 11 is 0. The van der Waals surface area contributed by atoms with Crippen LogP contribution in [0.1, 0.15) is 62.8 Å². The molecule has 2 saturated carbocycles. The summed E-state index contributed by atoms with van der Waals surface area (Å²) in [5.74, 6) is -2.10. The Morgan fingerprint density at radius 3 is 2.80 bits per heavy atom. The van der Waals surface area contributed by atoms with Gasteiger partial charge >= 0.3 is 0 Å². The van der Waals surface area contributed by atoms with Crippen LogP contribution in [0.15, 0.2) is 18.2 Å². The van der Waals surface area contributed by atoms with Crippen molar-refractivity contribution in [2.24, 2.45) is 5.92 Å². The Hall–Kier alpha value is -1.49. The topological polar surface area (TPSA) is 38.3 Å². The average molecular weight is 349 g/mol. The normalized spacial score (nSPS) is 30.9. The maximum Gasteiger partial charge on any atom is 0.223 e. The Morgan fingerprint density at radius 1 is 1.20 bits per heavy atom. The molecule has 1 aliphatic heterocycles. The van der Waals surface area contributed by atoms with Crippen LogP contribution in [-0.4, -0.2) is 24.2 Å². The molecule has 1 amide bonds. The quantitative estimate of drug-likeness (QED) is 0.893. The van der Waals surface area contributed by atoms with Crippen LogP contribution in [0.5, 0.6) is 0 Å². The molecular formula is C20H25F2NO2. The lowest BCUT2D eigenvalue weighted by atomic mass is 9.78. The number of hydrogen-bond donors (Lipinski definition) is 1. The van der Waals surface area contributed by atoms with Gasteiger partial charge in [-0.1, -0.05) is 31.4 Å². The number of halogens is 2. The minimum Gasteiger partial charge on any atom is -0.375 e. The highest BCUT2D eigenvalue weighted by Crippen LogP contribution is 2.49. The van der Waals surface area contributed by atoms with E-state index in [0.717, 1.165) is 31.7 Å². The Morgan fingerprint density at radius 2 is 2.00 bits per heavy atom. The molecule has 0 radical (unpaired) electrons. The first-order chi connectivity index (χ1) is 12.1. The van der Waals surface area contributed by atoms with Gasteiger partial charge in [0.15, 0.2) is 11.6 Å². The molecule has 0 aromatic heterocycles. The van der Waals surface area contributed by atoms with Crippen molar-refractivity contribution in [3.05, 3.63) is 35.4 Å². The fourth-order valence-corrected chi connectivity index (χ4v) is 4.64. The second-order valence-electron chi connectivity index (χ2n) is 7.88. The highest BCUT2D eigenvalue weighted by molar-refractivity contribution is 5.83. The fraction of sp³-hybridized carbons (Fsp3) is 0.650. The minimum atomic E-state index is -0.841. The van der Waals surface area contributed by atoms with Crippen LogP contribution in [0.4, 0.5) is 8.78 Å². The van der Waals surface area contributed by atoms with E-state index < -0.39 is 11.6 Å². The van der Waals surface area contributed by atoms with Gasteiger partial charge in [0.05, 0.1) is 5.60 Å². The molecule has 1 aromatic carbocycles. The van der Waals surface area contributed by atoms with Crippen LogP contribution >= 0.6 is 0 Å². The van der Waals surface area contributed by atoms with Crippen LogP contribution in [0.25, 0.3) is 0 Å². The van der Waals surface area contributed by atoms with E-state index in [9.17, 15) is 13.6 Å². The summed E-state index contributed by atoms with van der Waals surface area (Å²) in [4.78, 5) is 12.6. The molecule has 0 bridgehead atoms. The van der Waals surface area contributed by atoms with E-state index in [2.05, 4.69) is 5.32 Å². The molecule has 3 atom stereocenters. The molecule has 0 unspecified atom stereocenters. The molecule has 1 saturated heterocycles. The maximum absolute atomic E-state index is 13.9. The lowest BCUT2D eigenvalue weighted by molar-refractivity contribution is -0.129. The van der Waals surface area contributed by atoms with Gasteiger partial charge in [-0.05, 0) is 49.7 Å². The number of carbonyl (C=O) groups is 1. The third kappa shape index (κ3) is 3.43. The van der Waals surface area contributed by atoms with Crippen LogP contribution in [-0.2, 0) is 9.53 Å². The van der Waals surface area contributed by atoms with Gasteiger partial charge < -0.3 is 10.1 Å². The molecule has 1 aromatic rings. The first-order valence-corrected chi connectivity index (χ1v) is 9.46. The van der Waals surface area contributed by atoms with Crippen molar-refractivity contribution in [3.63, 3.8) is 0 Å². The van der Waals surface area contributed by atoms with Crippen molar-refractivity contribution < 1.29 is 18.3 Å². The van der Waals surface area contributed by atoms with Crippen LogP contribution in [0, 0.1) is 17.6 Å². The van der Waals surface area contributed by atoms with E-state index in [0.29, 0.717) is 18.6 Å². The van der Waals surface area contributed by atoms with E-state index in [1.165, 1.54) is 25.3 Å². The van der Waals surface area contributed by atoms with Crippen LogP contribution in [0.2, 0.25) is 0 Å². The molecule has 3 fully saturated rings. The number of amides is 1. The zero-order chi connectivity index (χ0) is 17.4. The predicted molar refractivity (Wildman–Crippen MR) is 90.1 cm³/mol. The van der Waals surface area contributed by atoms with Crippen molar-refractivity contribution in [3.8, 4) is 0 Å². The standard InChI is InChI=1S/C20H25F2NO2/c21-17-6-4-5-14(18(17)22)15-11-16(15)19(24)23-13-7-10-25-20(12-13)8-2-1-3-9-20/h4-6,13,15-16H,1-3,7-12H2,(H,23,24)/t13-,15+,16-/m1/s1. The SMILES string of the molecule is O=C(N[C@@H]1CCOC2(CCCCC2)C1)[C@@H]1C[C@H]1c1cccc(F)c1F. The molecule has 136 valence electrons. The van der Waals surface area contributed by atoms with E-state index >= 15 is 0 Å². The van der Waals surface area contributed by atoms with E-state index in [4.69, 9.17) is 4.74 Å². The van der Waals surface area contributed by atoms with Gasteiger partial charge in [0.1, 0.15) is 0 Å². The van der Waals surface area contributed by atoms with Crippen molar-refractivity contribution in [1.29, 1.82) is 0 Å². The summed E-state index contributed by atoms with van der Waals surface area (Å²) in [5, 5.41) is 3.15. The summed E-state index contributed by atoms with van der Waals surface area (Å²) in [5.41, 5.74) is 0.280. The molecule has 2 aliphatic carbocycles. The Bertz CT molecular complexity index is 652. The highest BCUT2D eigenvalue weighted by Gasteiger charge is 2.47. The number of ether oxygens (including phenoxy) is 1. The first kappa shape index (κ1) is 17.0. The Balaban J connectivity index is 1.36. The Labute approximate surface area is 147 Å². The summed E-state index contributed by atoms with van der Waals surface area (Å²) in [6.45, 7) is 0.692. The third-order valence-electron chi connectivity index (χ3n) is 6.11. The number of carbonyl (C=O) groups excluding carboxylic acids is 1. The molecule has 3 aliphatic rings. The second kappa shape index (κ2) is 6.67. The molecule has 25 heavy (non-hydrogen) atoms. The van der Waals surface area contributed by atoms with Crippen LogP contribution < -0.4 is 5.32 Å². The summed E-state index contributed by atoms with van der Waals surface area (Å²) in [6, 6.07) is 4.34. The van der Waals surface area contributed by atoms with Crippen molar-refractivity contribution >= 4 is 5.91 Å². The maximum atomic E-state index is 13.9. The number of rotatable bonds is 3. The van der Waals surface area contributed by atoms with Crippen molar-refractivity contribution in [2.75, 3.05) is 6.61 Å². The lowest BCUT2D eigenvalue weighted by Gasteiger charge is -2.43. The van der Waals surface area contributed by atoms with Gasteiger partial charge in [-0.2, -0.15) is 0 Å². The molecule has 1 heterocycles. The minimum absolute atomic E-state index is 0.0217. The summed E-state index contributed by atoms with van der Waals surface area (Å²) < 4.78 is 33.4. The number of nitrogens with one attached hydrogen (secondary N) is 1. The summed E-state index contributed by atoms with van der Waals surface area (Å²) in [6.07, 6.45) is 8.14. The zero-order valence-electron chi connectivity index (χ0n) is 14.4. The smallest absolute Gasteiger partial charge is 0.223 e.